The number of sulfonamides is 1. The Labute approximate surface area is 122 Å². The first-order valence-corrected chi connectivity index (χ1v) is 7.88. The molecular formula is C12H18FN3O4S. The minimum atomic E-state index is -4.26. The summed E-state index contributed by atoms with van der Waals surface area (Å²) in [5, 5.41) is 10.9. The molecule has 0 aliphatic heterocycles. The molecule has 7 nitrogen and oxygen atoms in total. The molecule has 3 N–H and O–H groups in total. The van der Waals surface area contributed by atoms with Gasteiger partial charge >= 0.3 is 5.69 Å². The van der Waals surface area contributed by atoms with Gasteiger partial charge in [-0.2, -0.15) is 4.39 Å². The fraction of sp³-hybridized carbons (Fsp3) is 0.500. The van der Waals surface area contributed by atoms with E-state index in [1.165, 1.54) is 0 Å². The van der Waals surface area contributed by atoms with Crippen molar-refractivity contribution < 1.29 is 17.7 Å². The zero-order chi connectivity index (χ0) is 16.3. The molecule has 0 heterocycles. The molecule has 9 heteroatoms. The maximum Gasteiger partial charge on any atom is 0.324 e. The second-order valence-corrected chi connectivity index (χ2v) is 6.29. The minimum Gasteiger partial charge on any atom is -0.329 e. The Morgan fingerprint density at radius 3 is 2.38 bits per heavy atom. The number of nitrogens with two attached hydrogens (primary N) is 1. The molecule has 0 aliphatic carbocycles. The molecule has 0 bridgehead atoms. The van der Waals surface area contributed by atoms with E-state index in [1.54, 1.807) is 13.8 Å². The van der Waals surface area contributed by atoms with Gasteiger partial charge in [0.15, 0.2) is 4.90 Å². The van der Waals surface area contributed by atoms with Crippen molar-refractivity contribution in [2.75, 3.05) is 6.54 Å². The van der Waals surface area contributed by atoms with Crippen LogP contribution in [0.5, 0.6) is 0 Å². The molecule has 0 aliphatic rings. The standard InChI is InChI=1S/C12H18FN3O4S/c1-3-12(4-2,8-14)15-21(19,20)10-7-5-6-9(13)11(10)16(17)18/h5-7,15H,3-4,8,14H2,1-2H3. The highest BCUT2D eigenvalue weighted by Crippen LogP contribution is 2.28. The van der Waals surface area contributed by atoms with E-state index in [0.29, 0.717) is 12.8 Å². The third-order valence-corrected chi connectivity index (χ3v) is 5.13. The van der Waals surface area contributed by atoms with Crippen molar-refractivity contribution >= 4 is 15.7 Å². The molecule has 1 rings (SSSR count). The van der Waals surface area contributed by atoms with Crippen molar-refractivity contribution in [1.29, 1.82) is 0 Å². The molecule has 1 aromatic rings. The highest BCUT2D eigenvalue weighted by Gasteiger charge is 2.35. The second-order valence-electron chi connectivity index (χ2n) is 4.64. The van der Waals surface area contributed by atoms with Crippen LogP contribution in [0.25, 0.3) is 0 Å². The summed E-state index contributed by atoms with van der Waals surface area (Å²) in [4.78, 5) is 9.16. The van der Waals surface area contributed by atoms with Gasteiger partial charge in [-0.25, -0.2) is 13.1 Å². The van der Waals surface area contributed by atoms with Gasteiger partial charge in [0.25, 0.3) is 0 Å². The van der Waals surface area contributed by atoms with Gasteiger partial charge in [0.2, 0.25) is 15.8 Å². The lowest BCUT2D eigenvalue weighted by Gasteiger charge is -2.30. The van der Waals surface area contributed by atoms with Gasteiger partial charge < -0.3 is 5.73 Å². The summed E-state index contributed by atoms with van der Waals surface area (Å²) in [6.07, 6.45) is 0.810. The van der Waals surface area contributed by atoms with Crippen molar-refractivity contribution in [3.05, 3.63) is 34.1 Å². The average Bonchev–Trinajstić information content (AvgIpc) is 2.44. The molecule has 0 saturated carbocycles. The zero-order valence-electron chi connectivity index (χ0n) is 11.8. The number of nitro benzene ring substituents is 1. The number of para-hydroxylation sites is 1. The van der Waals surface area contributed by atoms with Crippen LogP contribution in [0.4, 0.5) is 10.1 Å². The molecule has 0 amide bonds. The van der Waals surface area contributed by atoms with Crippen LogP contribution in [-0.4, -0.2) is 25.4 Å². The Morgan fingerprint density at radius 1 is 1.38 bits per heavy atom. The lowest BCUT2D eigenvalue weighted by Crippen LogP contribution is -2.52. The number of nitrogens with zero attached hydrogens (tertiary/aromatic N) is 1. The summed E-state index contributed by atoms with van der Waals surface area (Å²) in [5.74, 6) is -1.20. The number of benzene rings is 1. The van der Waals surface area contributed by atoms with Crippen molar-refractivity contribution in [1.82, 2.24) is 4.72 Å². The second kappa shape index (κ2) is 6.46. The van der Waals surface area contributed by atoms with Gasteiger partial charge in [0.05, 0.1) is 4.92 Å². The fourth-order valence-corrected chi connectivity index (χ4v) is 3.69. The molecule has 0 atom stereocenters. The fourth-order valence-electron chi connectivity index (χ4n) is 1.95. The van der Waals surface area contributed by atoms with E-state index in [0.717, 1.165) is 18.2 Å². The molecule has 0 aromatic heterocycles. The maximum absolute atomic E-state index is 13.6. The summed E-state index contributed by atoms with van der Waals surface area (Å²) in [5.41, 5.74) is 3.62. The van der Waals surface area contributed by atoms with Crippen LogP contribution in [0.1, 0.15) is 26.7 Å². The van der Waals surface area contributed by atoms with Crippen LogP contribution in [0, 0.1) is 15.9 Å². The number of halogens is 1. The third kappa shape index (κ3) is 3.55. The molecule has 0 spiro atoms. The predicted molar refractivity (Wildman–Crippen MR) is 75.7 cm³/mol. The Hall–Kier alpha value is -1.58. The largest absolute Gasteiger partial charge is 0.329 e. The molecule has 0 saturated heterocycles. The Balaban J connectivity index is 3.39. The summed E-state index contributed by atoms with van der Waals surface area (Å²) in [6.45, 7) is 3.53. The third-order valence-electron chi connectivity index (χ3n) is 3.52. The van der Waals surface area contributed by atoms with Gasteiger partial charge in [0, 0.05) is 12.1 Å². The summed E-state index contributed by atoms with van der Waals surface area (Å²) < 4.78 is 40.7. The van der Waals surface area contributed by atoms with Crippen LogP contribution in [0.15, 0.2) is 23.1 Å². The van der Waals surface area contributed by atoms with E-state index in [-0.39, 0.29) is 6.54 Å². The van der Waals surface area contributed by atoms with Crippen LogP contribution in [-0.2, 0) is 10.0 Å². The van der Waals surface area contributed by atoms with Gasteiger partial charge in [-0.15, -0.1) is 0 Å². The van der Waals surface area contributed by atoms with E-state index < -0.39 is 36.9 Å². The van der Waals surface area contributed by atoms with Crippen LogP contribution >= 0.6 is 0 Å². The molecule has 0 unspecified atom stereocenters. The number of nitrogens with one attached hydrogen (secondary N) is 1. The summed E-state index contributed by atoms with van der Waals surface area (Å²) in [6, 6.07) is 2.95. The average molecular weight is 319 g/mol. The quantitative estimate of drug-likeness (QED) is 0.584. The van der Waals surface area contributed by atoms with Gasteiger partial charge in [-0.3, -0.25) is 10.1 Å². The van der Waals surface area contributed by atoms with Crippen molar-refractivity contribution in [2.45, 2.75) is 37.1 Å². The molecule has 1 aromatic carbocycles. The molecule has 21 heavy (non-hydrogen) atoms. The highest BCUT2D eigenvalue weighted by molar-refractivity contribution is 7.89. The van der Waals surface area contributed by atoms with Crippen LogP contribution in [0.3, 0.4) is 0 Å². The number of hydrogen-bond donors (Lipinski definition) is 2. The highest BCUT2D eigenvalue weighted by atomic mass is 32.2. The van der Waals surface area contributed by atoms with Crippen LogP contribution in [0.2, 0.25) is 0 Å². The topological polar surface area (TPSA) is 115 Å². The van der Waals surface area contributed by atoms with Gasteiger partial charge in [0.1, 0.15) is 0 Å². The lowest BCUT2D eigenvalue weighted by atomic mass is 9.95. The van der Waals surface area contributed by atoms with E-state index in [9.17, 15) is 22.9 Å². The first kappa shape index (κ1) is 17.5. The minimum absolute atomic E-state index is 0.0301. The van der Waals surface area contributed by atoms with E-state index >= 15 is 0 Å². The molecular weight excluding hydrogens is 301 g/mol. The number of hydrogen-bond acceptors (Lipinski definition) is 5. The van der Waals surface area contributed by atoms with E-state index in [4.69, 9.17) is 5.73 Å². The summed E-state index contributed by atoms with van der Waals surface area (Å²) >= 11 is 0. The molecule has 0 fully saturated rings. The SMILES string of the molecule is CCC(CC)(CN)NS(=O)(=O)c1cccc(F)c1[N+](=O)[O-]. The number of nitro groups is 1. The zero-order valence-corrected chi connectivity index (χ0v) is 12.6. The van der Waals surface area contributed by atoms with Gasteiger partial charge in [-0.05, 0) is 25.0 Å². The normalized spacial score (nSPS) is 12.4. The predicted octanol–water partition coefficient (Wildman–Crippen LogP) is 1.53. The first-order chi connectivity index (χ1) is 9.73. The van der Waals surface area contributed by atoms with Gasteiger partial charge in [-0.1, -0.05) is 19.9 Å². The van der Waals surface area contributed by atoms with Crippen LogP contribution < -0.4 is 10.5 Å². The van der Waals surface area contributed by atoms with Crippen molar-refractivity contribution in [2.24, 2.45) is 5.73 Å². The molecule has 0 radical (unpaired) electrons. The van der Waals surface area contributed by atoms with E-state index in [1.807, 2.05) is 0 Å². The van der Waals surface area contributed by atoms with Crippen molar-refractivity contribution in [3.63, 3.8) is 0 Å². The van der Waals surface area contributed by atoms with E-state index in [2.05, 4.69) is 4.72 Å². The Morgan fingerprint density at radius 2 is 1.95 bits per heavy atom. The summed E-state index contributed by atoms with van der Waals surface area (Å²) in [7, 11) is -4.26. The van der Waals surface area contributed by atoms with Crippen molar-refractivity contribution in [3.8, 4) is 0 Å². The number of rotatable bonds is 7. The Kier molecular flexibility index (Phi) is 5.37. The maximum atomic E-state index is 13.6. The first-order valence-electron chi connectivity index (χ1n) is 6.40. The Bertz CT molecular complexity index is 621. The molecule has 118 valence electrons. The lowest BCUT2D eigenvalue weighted by molar-refractivity contribution is -0.390. The smallest absolute Gasteiger partial charge is 0.324 e. The monoisotopic (exact) mass is 319 g/mol.